The van der Waals surface area contributed by atoms with Crippen molar-refractivity contribution in [2.75, 3.05) is 0 Å². The van der Waals surface area contributed by atoms with Gasteiger partial charge in [0.05, 0.1) is 22.8 Å². The van der Waals surface area contributed by atoms with E-state index in [-0.39, 0.29) is 0 Å². The van der Waals surface area contributed by atoms with E-state index in [0.29, 0.717) is 0 Å². The third-order valence-corrected chi connectivity index (χ3v) is 4.57. The number of hydrogen-bond donors (Lipinski definition) is 0. The molecule has 4 aromatic rings. The first-order valence-corrected chi connectivity index (χ1v) is 9.04. The van der Waals surface area contributed by atoms with Crippen molar-refractivity contribution in [3.05, 3.63) is 89.7 Å². The molecule has 1 aromatic carbocycles. The van der Waals surface area contributed by atoms with Gasteiger partial charge in [0.2, 0.25) is 0 Å². The predicted octanol–water partition coefficient (Wildman–Crippen LogP) is 5.80. The molecule has 27 heavy (non-hydrogen) atoms. The van der Waals surface area contributed by atoms with E-state index in [1.807, 2.05) is 24.5 Å². The molecule has 3 aromatic heterocycles. The fraction of sp³-hybridized carbons (Fsp3) is 0.125. The first-order valence-electron chi connectivity index (χ1n) is 9.04. The Kier molecular flexibility index (Phi) is 4.51. The molecule has 3 nitrogen and oxygen atoms in total. The Bertz CT molecular complexity index is 1030. The average Bonchev–Trinajstić information content (AvgIpc) is 2.68. The van der Waals surface area contributed by atoms with Crippen molar-refractivity contribution in [1.82, 2.24) is 15.0 Å². The lowest BCUT2D eigenvalue weighted by Crippen LogP contribution is -1.95. The zero-order chi connectivity index (χ0) is 18.8. The minimum Gasteiger partial charge on any atom is -0.255 e. The normalized spacial score (nSPS) is 10.8. The van der Waals surface area contributed by atoms with E-state index in [4.69, 9.17) is 4.98 Å². The Morgan fingerprint density at radius 1 is 0.481 bits per heavy atom. The van der Waals surface area contributed by atoms with Crippen LogP contribution in [0, 0.1) is 20.8 Å². The van der Waals surface area contributed by atoms with Gasteiger partial charge in [0.25, 0.3) is 0 Å². The summed E-state index contributed by atoms with van der Waals surface area (Å²) in [7, 11) is 0. The van der Waals surface area contributed by atoms with Crippen LogP contribution in [0.2, 0.25) is 0 Å². The van der Waals surface area contributed by atoms with E-state index in [9.17, 15) is 0 Å². The van der Waals surface area contributed by atoms with Crippen molar-refractivity contribution in [3.63, 3.8) is 0 Å². The maximum atomic E-state index is 4.87. The summed E-state index contributed by atoms with van der Waals surface area (Å²) in [5.74, 6) is 0. The van der Waals surface area contributed by atoms with E-state index in [2.05, 4.69) is 79.3 Å². The van der Waals surface area contributed by atoms with Gasteiger partial charge in [-0.25, -0.2) is 4.98 Å². The van der Waals surface area contributed by atoms with Crippen LogP contribution in [0.4, 0.5) is 0 Å². The minimum atomic E-state index is 0.857. The Balaban J connectivity index is 1.92. The Labute approximate surface area is 159 Å². The van der Waals surface area contributed by atoms with Crippen molar-refractivity contribution >= 4 is 0 Å². The summed E-state index contributed by atoms with van der Waals surface area (Å²) in [4.78, 5) is 13.9. The topological polar surface area (TPSA) is 38.7 Å². The van der Waals surface area contributed by atoms with Crippen molar-refractivity contribution < 1.29 is 0 Å². The lowest BCUT2D eigenvalue weighted by Gasteiger charge is -2.10. The molecular weight excluding hydrogens is 330 g/mol. The third-order valence-electron chi connectivity index (χ3n) is 4.57. The Morgan fingerprint density at radius 2 is 1.00 bits per heavy atom. The van der Waals surface area contributed by atoms with Gasteiger partial charge in [-0.15, -0.1) is 0 Å². The molecular formula is C24H21N3. The molecule has 0 saturated carbocycles. The molecule has 0 atom stereocenters. The summed E-state index contributed by atoms with van der Waals surface area (Å²) in [6.07, 6.45) is 3.66. The standard InChI is InChI=1S/C24H21N3/c1-16-4-6-19(7-5-16)20-14-23(21-12-17(2)8-10-25-21)27-24(15-20)22-13-18(3)9-11-26-22/h4-15H,1-3H3. The zero-order valence-electron chi connectivity index (χ0n) is 15.8. The molecule has 0 aliphatic heterocycles. The molecule has 0 N–H and O–H groups in total. The Hall–Kier alpha value is -3.33. The third kappa shape index (κ3) is 3.77. The molecule has 0 aliphatic rings. The van der Waals surface area contributed by atoms with Crippen LogP contribution in [0.5, 0.6) is 0 Å². The summed E-state index contributed by atoms with van der Waals surface area (Å²) in [5.41, 5.74) is 9.30. The van der Waals surface area contributed by atoms with Crippen LogP contribution in [0.15, 0.2) is 73.1 Å². The van der Waals surface area contributed by atoms with Crippen LogP contribution in [-0.4, -0.2) is 15.0 Å². The van der Waals surface area contributed by atoms with Gasteiger partial charge in [0.1, 0.15) is 0 Å². The highest BCUT2D eigenvalue weighted by Gasteiger charge is 2.11. The summed E-state index contributed by atoms with van der Waals surface area (Å²) in [6, 6.07) is 20.9. The lowest BCUT2D eigenvalue weighted by molar-refractivity contribution is 1.20. The number of benzene rings is 1. The average molecular weight is 351 g/mol. The molecule has 0 saturated heterocycles. The monoisotopic (exact) mass is 351 g/mol. The van der Waals surface area contributed by atoms with E-state index in [1.165, 1.54) is 5.56 Å². The van der Waals surface area contributed by atoms with Crippen LogP contribution >= 0.6 is 0 Å². The highest BCUT2D eigenvalue weighted by molar-refractivity contribution is 5.75. The van der Waals surface area contributed by atoms with E-state index < -0.39 is 0 Å². The number of aromatic nitrogens is 3. The van der Waals surface area contributed by atoms with E-state index in [0.717, 1.165) is 45.0 Å². The van der Waals surface area contributed by atoms with E-state index >= 15 is 0 Å². The van der Waals surface area contributed by atoms with Gasteiger partial charge in [-0.1, -0.05) is 29.8 Å². The second kappa shape index (κ2) is 7.12. The molecule has 0 bridgehead atoms. The van der Waals surface area contributed by atoms with Crippen molar-refractivity contribution in [1.29, 1.82) is 0 Å². The molecule has 132 valence electrons. The summed E-state index contributed by atoms with van der Waals surface area (Å²) >= 11 is 0. The highest BCUT2D eigenvalue weighted by Crippen LogP contribution is 2.29. The van der Waals surface area contributed by atoms with Gasteiger partial charge in [0.15, 0.2) is 0 Å². The molecule has 4 rings (SSSR count). The van der Waals surface area contributed by atoms with Crippen LogP contribution in [-0.2, 0) is 0 Å². The fourth-order valence-electron chi connectivity index (χ4n) is 3.06. The quantitative estimate of drug-likeness (QED) is 0.468. The molecule has 0 aliphatic carbocycles. The van der Waals surface area contributed by atoms with Crippen molar-refractivity contribution in [2.24, 2.45) is 0 Å². The molecule has 3 heterocycles. The predicted molar refractivity (Wildman–Crippen MR) is 110 cm³/mol. The molecule has 0 radical (unpaired) electrons. The van der Waals surface area contributed by atoms with Crippen molar-refractivity contribution in [2.45, 2.75) is 20.8 Å². The first-order chi connectivity index (χ1) is 13.1. The van der Waals surface area contributed by atoms with Gasteiger partial charge in [0, 0.05) is 12.4 Å². The van der Waals surface area contributed by atoms with Crippen molar-refractivity contribution in [3.8, 4) is 33.9 Å². The first kappa shape index (κ1) is 17.1. The molecule has 0 spiro atoms. The molecule has 0 amide bonds. The number of aryl methyl sites for hydroxylation is 3. The minimum absolute atomic E-state index is 0.857. The van der Waals surface area contributed by atoms with Crippen LogP contribution < -0.4 is 0 Å². The number of hydrogen-bond acceptors (Lipinski definition) is 3. The molecule has 0 unspecified atom stereocenters. The Morgan fingerprint density at radius 3 is 1.48 bits per heavy atom. The molecule has 0 fully saturated rings. The SMILES string of the molecule is Cc1ccc(-c2cc(-c3cc(C)ccn3)nc(-c3cc(C)ccn3)c2)cc1. The number of nitrogens with zero attached hydrogens (tertiary/aromatic N) is 3. The molecule has 3 heteroatoms. The number of pyridine rings is 3. The fourth-order valence-corrected chi connectivity index (χ4v) is 3.06. The number of rotatable bonds is 3. The highest BCUT2D eigenvalue weighted by atomic mass is 14.8. The van der Waals surface area contributed by atoms with Crippen LogP contribution in [0.1, 0.15) is 16.7 Å². The van der Waals surface area contributed by atoms with Gasteiger partial charge in [-0.2, -0.15) is 0 Å². The largest absolute Gasteiger partial charge is 0.255 e. The second-order valence-corrected chi connectivity index (χ2v) is 6.93. The summed E-state index contributed by atoms with van der Waals surface area (Å²) < 4.78 is 0. The van der Waals surface area contributed by atoms with E-state index in [1.54, 1.807) is 0 Å². The zero-order valence-corrected chi connectivity index (χ0v) is 15.8. The summed E-state index contributed by atoms with van der Waals surface area (Å²) in [6.45, 7) is 6.23. The maximum absolute atomic E-state index is 4.87. The summed E-state index contributed by atoms with van der Waals surface area (Å²) in [5, 5.41) is 0. The van der Waals surface area contributed by atoms with Gasteiger partial charge in [-0.05, 0) is 79.4 Å². The second-order valence-electron chi connectivity index (χ2n) is 6.93. The maximum Gasteiger partial charge on any atom is 0.0900 e. The van der Waals surface area contributed by atoms with Crippen LogP contribution in [0.3, 0.4) is 0 Å². The van der Waals surface area contributed by atoms with Crippen LogP contribution in [0.25, 0.3) is 33.9 Å². The van der Waals surface area contributed by atoms with Gasteiger partial charge in [-0.3, -0.25) is 9.97 Å². The van der Waals surface area contributed by atoms with Gasteiger partial charge < -0.3 is 0 Å². The smallest absolute Gasteiger partial charge is 0.0900 e. The van der Waals surface area contributed by atoms with Gasteiger partial charge >= 0.3 is 0 Å². The lowest BCUT2D eigenvalue weighted by atomic mass is 10.0.